The predicted octanol–water partition coefficient (Wildman–Crippen LogP) is 3.64. The second-order valence-corrected chi connectivity index (χ2v) is 9.48. The third-order valence-electron chi connectivity index (χ3n) is 5.67. The molecule has 1 aliphatic heterocycles. The van der Waals surface area contributed by atoms with Crippen molar-refractivity contribution in [2.75, 3.05) is 33.8 Å². The van der Waals surface area contributed by atoms with Crippen LogP contribution in [0.15, 0.2) is 5.51 Å². The third-order valence-corrected chi connectivity index (χ3v) is 6.71. The van der Waals surface area contributed by atoms with Crippen molar-refractivity contribution >= 4 is 11.3 Å². The van der Waals surface area contributed by atoms with Gasteiger partial charge in [-0.05, 0) is 57.5 Å². The average molecular weight is 352 g/mol. The van der Waals surface area contributed by atoms with E-state index in [1.807, 2.05) is 23.9 Å². The quantitative estimate of drug-likeness (QED) is 0.849. The second kappa shape index (κ2) is 7.40. The van der Waals surface area contributed by atoms with Crippen molar-refractivity contribution in [3.05, 3.63) is 16.1 Å². The Morgan fingerprint density at radius 3 is 2.75 bits per heavy atom. The molecule has 0 unspecified atom stereocenters. The topological polar surface area (TPSA) is 37.4 Å². The summed E-state index contributed by atoms with van der Waals surface area (Å²) in [6.45, 7) is 8.66. The zero-order chi connectivity index (χ0) is 17.2. The largest absolute Gasteiger partial charge is 0.374 e. The van der Waals surface area contributed by atoms with Crippen molar-refractivity contribution in [1.82, 2.24) is 15.2 Å². The maximum atomic E-state index is 6.27. The Morgan fingerprint density at radius 2 is 2.12 bits per heavy atom. The van der Waals surface area contributed by atoms with Gasteiger partial charge in [0.05, 0.1) is 23.4 Å². The highest BCUT2D eigenvalue weighted by Gasteiger charge is 2.46. The molecule has 24 heavy (non-hydrogen) atoms. The fourth-order valence-corrected chi connectivity index (χ4v) is 5.39. The first-order chi connectivity index (χ1) is 11.4. The van der Waals surface area contributed by atoms with Crippen molar-refractivity contribution in [1.29, 1.82) is 0 Å². The molecule has 3 rings (SSSR count). The molecule has 136 valence electrons. The normalized spacial score (nSPS) is 29.6. The fraction of sp³-hybridized carbons (Fsp3) is 0.842. The van der Waals surface area contributed by atoms with Gasteiger partial charge in [-0.25, -0.2) is 4.98 Å². The van der Waals surface area contributed by atoms with E-state index in [2.05, 4.69) is 36.1 Å². The summed E-state index contributed by atoms with van der Waals surface area (Å²) in [7, 11) is 4.19. The summed E-state index contributed by atoms with van der Waals surface area (Å²) >= 11 is 1.86. The predicted molar refractivity (Wildman–Crippen MR) is 101 cm³/mol. The van der Waals surface area contributed by atoms with Crippen molar-refractivity contribution < 1.29 is 4.74 Å². The van der Waals surface area contributed by atoms with E-state index in [9.17, 15) is 0 Å². The highest BCUT2D eigenvalue weighted by atomic mass is 32.1. The number of thiazole rings is 1. The number of nitrogens with zero attached hydrogens (tertiary/aromatic N) is 2. The summed E-state index contributed by atoms with van der Waals surface area (Å²) in [5, 5.41) is 3.22. The van der Waals surface area contributed by atoms with E-state index >= 15 is 0 Å². The summed E-state index contributed by atoms with van der Waals surface area (Å²) in [5.74, 6) is 0.683. The Kier molecular flexibility index (Phi) is 5.65. The van der Waals surface area contributed by atoms with Gasteiger partial charge < -0.3 is 10.1 Å². The summed E-state index contributed by atoms with van der Waals surface area (Å²) in [6, 6.07) is 0. The molecule has 2 heterocycles. The molecule has 1 saturated carbocycles. The molecule has 1 N–H and O–H groups in total. The molecule has 2 fully saturated rings. The maximum Gasteiger partial charge on any atom is 0.0798 e. The standard InChI is InChI=1S/C19H33N3OS/c1-18(2)12-19(23-13-18)7-5-15(6-8-19)17-16(21-14-24-17)11-22(4)10-9-20-3/h14-15,20H,5-13H2,1-4H3/t15-,19+. The van der Waals surface area contributed by atoms with Crippen LogP contribution in [-0.4, -0.2) is 49.3 Å². The SMILES string of the molecule is CNCCN(C)Cc1ncsc1[C@H]1CC[C@@]2(CC1)CC(C)(C)CO2. The Bertz CT molecular complexity index is 534. The van der Waals surface area contributed by atoms with E-state index in [1.54, 1.807) is 0 Å². The first kappa shape index (κ1) is 18.3. The zero-order valence-electron chi connectivity index (χ0n) is 15.7. The lowest BCUT2D eigenvalue weighted by Gasteiger charge is -2.37. The number of aromatic nitrogens is 1. The van der Waals surface area contributed by atoms with Crippen LogP contribution in [0.3, 0.4) is 0 Å². The lowest BCUT2D eigenvalue weighted by Crippen LogP contribution is -2.33. The monoisotopic (exact) mass is 351 g/mol. The van der Waals surface area contributed by atoms with Gasteiger partial charge in [0.15, 0.2) is 0 Å². The molecule has 0 bridgehead atoms. The second-order valence-electron chi connectivity index (χ2n) is 8.59. The van der Waals surface area contributed by atoms with Gasteiger partial charge in [-0.3, -0.25) is 4.90 Å². The molecule has 0 amide bonds. The summed E-state index contributed by atoms with van der Waals surface area (Å²) in [5.41, 5.74) is 3.87. The zero-order valence-corrected chi connectivity index (χ0v) is 16.5. The minimum atomic E-state index is 0.175. The van der Waals surface area contributed by atoms with Crippen LogP contribution in [0.5, 0.6) is 0 Å². The summed E-state index contributed by atoms with van der Waals surface area (Å²) < 4.78 is 6.27. The Labute approximate surface area is 151 Å². The summed E-state index contributed by atoms with van der Waals surface area (Å²) in [6.07, 6.45) is 6.17. The highest BCUT2D eigenvalue weighted by molar-refractivity contribution is 7.09. The lowest BCUT2D eigenvalue weighted by molar-refractivity contribution is -0.0292. The molecule has 1 saturated heterocycles. The van der Waals surface area contributed by atoms with Crippen molar-refractivity contribution in [2.24, 2.45) is 5.41 Å². The Morgan fingerprint density at radius 1 is 1.38 bits per heavy atom. The van der Waals surface area contributed by atoms with Gasteiger partial charge in [0.1, 0.15) is 0 Å². The molecule has 0 aromatic carbocycles. The molecule has 1 aromatic rings. The summed E-state index contributed by atoms with van der Waals surface area (Å²) in [4.78, 5) is 8.57. The van der Waals surface area contributed by atoms with Crippen molar-refractivity contribution in [3.63, 3.8) is 0 Å². The fourth-order valence-electron chi connectivity index (χ4n) is 4.42. The molecule has 1 spiro atoms. The van der Waals surface area contributed by atoms with Gasteiger partial charge in [-0.2, -0.15) is 0 Å². The third kappa shape index (κ3) is 4.18. The number of rotatable bonds is 6. The molecule has 2 aliphatic rings. The van der Waals surface area contributed by atoms with Gasteiger partial charge in [0.25, 0.3) is 0 Å². The van der Waals surface area contributed by atoms with Gasteiger partial charge >= 0.3 is 0 Å². The first-order valence-corrected chi connectivity index (χ1v) is 10.2. The van der Waals surface area contributed by atoms with Crippen LogP contribution >= 0.6 is 11.3 Å². The number of likely N-dealkylation sites (N-methyl/N-ethyl adjacent to an activating group) is 2. The van der Waals surface area contributed by atoms with Crippen LogP contribution in [0.1, 0.15) is 62.4 Å². The van der Waals surface area contributed by atoms with Gasteiger partial charge in [0, 0.05) is 24.5 Å². The van der Waals surface area contributed by atoms with Crippen LogP contribution in [0.2, 0.25) is 0 Å². The van der Waals surface area contributed by atoms with E-state index in [1.165, 1.54) is 42.7 Å². The van der Waals surface area contributed by atoms with E-state index in [4.69, 9.17) is 4.74 Å². The van der Waals surface area contributed by atoms with Crippen LogP contribution < -0.4 is 5.32 Å². The Balaban J connectivity index is 1.58. The molecular weight excluding hydrogens is 318 g/mol. The number of hydrogen-bond acceptors (Lipinski definition) is 5. The van der Waals surface area contributed by atoms with E-state index in [0.717, 1.165) is 26.2 Å². The van der Waals surface area contributed by atoms with Crippen LogP contribution in [0, 0.1) is 5.41 Å². The number of ether oxygens (including phenoxy) is 1. The molecule has 0 radical (unpaired) electrons. The maximum absolute atomic E-state index is 6.27. The van der Waals surface area contributed by atoms with Crippen LogP contribution in [0.4, 0.5) is 0 Å². The number of hydrogen-bond donors (Lipinski definition) is 1. The van der Waals surface area contributed by atoms with E-state index in [-0.39, 0.29) is 5.60 Å². The lowest BCUT2D eigenvalue weighted by atomic mass is 9.73. The molecule has 1 aliphatic carbocycles. The van der Waals surface area contributed by atoms with Crippen LogP contribution in [-0.2, 0) is 11.3 Å². The molecular formula is C19H33N3OS. The number of nitrogens with one attached hydrogen (secondary N) is 1. The van der Waals surface area contributed by atoms with Gasteiger partial charge in [0.2, 0.25) is 0 Å². The minimum Gasteiger partial charge on any atom is -0.374 e. The minimum absolute atomic E-state index is 0.175. The van der Waals surface area contributed by atoms with E-state index < -0.39 is 0 Å². The molecule has 5 heteroatoms. The van der Waals surface area contributed by atoms with Gasteiger partial charge in [-0.15, -0.1) is 11.3 Å². The van der Waals surface area contributed by atoms with E-state index in [0.29, 0.717) is 11.3 Å². The van der Waals surface area contributed by atoms with Crippen LogP contribution in [0.25, 0.3) is 0 Å². The smallest absolute Gasteiger partial charge is 0.0798 e. The Hall–Kier alpha value is -0.490. The molecule has 4 nitrogen and oxygen atoms in total. The van der Waals surface area contributed by atoms with Crippen molar-refractivity contribution in [2.45, 2.75) is 64.0 Å². The van der Waals surface area contributed by atoms with Crippen molar-refractivity contribution in [3.8, 4) is 0 Å². The molecule has 0 atom stereocenters. The first-order valence-electron chi connectivity index (χ1n) is 9.32. The molecule has 1 aromatic heterocycles. The van der Waals surface area contributed by atoms with Gasteiger partial charge in [-0.1, -0.05) is 13.8 Å². The highest BCUT2D eigenvalue weighted by Crippen LogP contribution is 2.50. The average Bonchev–Trinajstić information content (AvgIpc) is 3.11.